The molecule has 1 heterocycles. The summed E-state index contributed by atoms with van der Waals surface area (Å²) in [4.78, 5) is 4.64. The molecule has 2 rings (SSSR count). The monoisotopic (exact) mass is 334 g/mol. The minimum Gasteiger partial charge on any atom is -0.397 e. The van der Waals surface area contributed by atoms with E-state index in [4.69, 9.17) is 5.73 Å². The van der Waals surface area contributed by atoms with Crippen LogP contribution in [0.4, 0.5) is 5.82 Å². The van der Waals surface area contributed by atoms with Crippen LogP contribution >= 0.6 is 0 Å². The van der Waals surface area contributed by atoms with Gasteiger partial charge in [0.2, 0.25) is 5.82 Å². The molecule has 0 aliphatic carbocycles. The Morgan fingerprint density at radius 1 is 1.30 bits per heavy atom. The Hall–Kier alpha value is -2.48. The average molecular weight is 334 g/mol. The highest BCUT2D eigenvalue weighted by Gasteiger charge is 2.11. The first kappa shape index (κ1) is 16.9. The van der Waals surface area contributed by atoms with Crippen molar-refractivity contribution in [3.05, 3.63) is 42.1 Å². The molecule has 2 N–H and O–H groups in total. The van der Waals surface area contributed by atoms with Gasteiger partial charge in [-0.05, 0) is 47.8 Å². The summed E-state index contributed by atoms with van der Waals surface area (Å²) in [5, 5.41) is 7.34. The van der Waals surface area contributed by atoms with Gasteiger partial charge in [0.05, 0.1) is 10.6 Å². The van der Waals surface area contributed by atoms with Crippen LogP contribution in [0.2, 0.25) is 0 Å². The highest BCUT2D eigenvalue weighted by atomic mass is 32.2. The molecule has 0 amide bonds. The maximum absolute atomic E-state index is 11.4. The number of hydrogen-bond donors (Lipinski definition) is 1. The van der Waals surface area contributed by atoms with Crippen molar-refractivity contribution in [3.8, 4) is 0 Å². The van der Waals surface area contributed by atoms with Crippen molar-refractivity contribution in [2.24, 2.45) is 10.7 Å². The summed E-state index contributed by atoms with van der Waals surface area (Å²) >= 11 is 0. The Bertz CT molecular complexity index is 836. The van der Waals surface area contributed by atoms with Crippen LogP contribution in [-0.2, 0) is 16.3 Å². The van der Waals surface area contributed by atoms with Gasteiger partial charge in [-0.3, -0.25) is 0 Å². The Labute approximate surface area is 134 Å². The highest BCUT2D eigenvalue weighted by Crippen LogP contribution is 2.19. The van der Waals surface area contributed by atoms with E-state index in [1.54, 1.807) is 24.3 Å². The van der Waals surface area contributed by atoms with E-state index >= 15 is 0 Å². The van der Waals surface area contributed by atoms with E-state index in [2.05, 4.69) is 26.5 Å². The molecule has 0 atom stereocenters. The van der Waals surface area contributed by atoms with E-state index < -0.39 is 9.84 Å². The predicted molar refractivity (Wildman–Crippen MR) is 88.2 cm³/mol. The molecule has 2 aromatic rings. The number of nitrogens with two attached hydrogens (primary N) is 1. The van der Waals surface area contributed by atoms with E-state index in [0.29, 0.717) is 22.8 Å². The van der Waals surface area contributed by atoms with E-state index in [-0.39, 0.29) is 5.70 Å². The summed E-state index contributed by atoms with van der Waals surface area (Å²) < 4.78 is 27.4. The van der Waals surface area contributed by atoms with Gasteiger partial charge in [0.25, 0.3) is 0 Å². The molecule has 0 saturated heterocycles. The van der Waals surface area contributed by atoms with Crippen LogP contribution in [0.5, 0.6) is 0 Å². The molecule has 0 unspecified atom stereocenters. The predicted octanol–water partition coefficient (Wildman–Crippen LogP) is 2.13. The van der Waals surface area contributed by atoms with Crippen molar-refractivity contribution in [3.63, 3.8) is 0 Å². The van der Waals surface area contributed by atoms with Crippen molar-refractivity contribution < 1.29 is 13.0 Å². The maximum Gasteiger partial charge on any atom is 0.226 e. The van der Waals surface area contributed by atoms with Gasteiger partial charge in [0.15, 0.2) is 15.5 Å². The van der Waals surface area contributed by atoms with Gasteiger partial charge < -0.3 is 5.73 Å². The van der Waals surface area contributed by atoms with E-state index in [0.717, 1.165) is 17.7 Å². The lowest BCUT2D eigenvalue weighted by atomic mass is 10.1. The zero-order valence-corrected chi connectivity index (χ0v) is 13.8. The molecule has 0 fully saturated rings. The SMILES string of the molecule is C=C(N)c1nonc1N=C(C)CCc1ccc(S(C)(=O)=O)cc1. The number of sulfone groups is 1. The zero-order chi connectivity index (χ0) is 17.0. The number of nitrogens with zero attached hydrogens (tertiary/aromatic N) is 3. The molecule has 0 aliphatic heterocycles. The van der Waals surface area contributed by atoms with Crippen molar-refractivity contribution in [1.82, 2.24) is 10.3 Å². The average Bonchev–Trinajstić information content (AvgIpc) is 2.93. The molecule has 0 bridgehead atoms. The van der Waals surface area contributed by atoms with Gasteiger partial charge in [-0.2, -0.15) is 0 Å². The van der Waals surface area contributed by atoms with Crippen LogP contribution in [0.25, 0.3) is 5.70 Å². The molecule has 0 radical (unpaired) electrons. The van der Waals surface area contributed by atoms with E-state index in [1.165, 1.54) is 6.26 Å². The first-order valence-corrected chi connectivity index (χ1v) is 8.77. The Kier molecular flexibility index (Phi) is 4.95. The molecular formula is C15H18N4O3S. The molecule has 0 spiro atoms. The third-order valence-corrected chi connectivity index (χ3v) is 4.33. The quantitative estimate of drug-likeness (QED) is 0.810. The summed E-state index contributed by atoms with van der Waals surface area (Å²) in [5.41, 5.74) is 8.00. The standard InChI is InChI=1S/C15H18N4O3S/c1-10(17-15-14(11(2)16)18-22-19-15)4-5-12-6-8-13(9-7-12)23(3,20)21/h6-9H,2,4-5,16H2,1,3H3. The van der Waals surface area contributed by atoms with Gasteiger partial charge in [0, 0.05) is 12.0 Å². The second-order valence-corrected chi connectivity index (χ2v) is 7.24. The van der Waals surface area contributed by atoms with Crippen LogP contribution < -0.4 is 5.73 Å². The molecule has 7 nitrogen and oxygen atoms in total. The van der Waals surface area contributed by atoms with Gasteiger partial charge in [-0.15, -0.1) is 0 Å². The van der Waals surface area contributed by atoms with E-state index in [1.807, 2.05) is 6.92 Å². The fourth-order valence-electron chi connectivity index (χ4n) is 1.92. The lowest BCUT2D eigenvalue weighted by Crippen LogP contribution is -1.99. The largest absolute Gasteiger partial charge is 0.397 e. The molecule has 0 aliphatic rings. The number of aliphatic imine (C=N–C) groups is 1. The summed E-state index contributed by atoms with van der Waals surface area (Å²) in [6, 6.07) is 6.81. The Morgan fingerprint density at radius 3 is 2.52 bits per heavy atom. The normalized spacial score (nSPS) is 12.3. The number of benzene rings is 1. The van der Waals surface area contributed by atoms with E-state index in [9.17, 15) is 8.42 Å². The molecule has 8 heteroatoms. The molecule has 1 aromatic heterocycles. The second kappa shape index (κ2) is 6.74. The fraction of sp³-hybridized carbons (Fsp3) is 0.267. The third-order valence-electron chi connectivity index (χ3n) is 3.20. The van der Waals surface area contributed by atoms with Gasteiger partial charge >= 0.3 is 0 Å². The first-order valence-electron chi connectivity index (χ1n) is 6.88. The minimum absolute atomic E-state index is 0.245. The Morgan fingerprint density at radius 2 is 1.96 bits per heavy atom. The van der Waals surface area contributed by atoms with Crippen LogP contribution in [0.1, 0.15) is 24.6 Å². The molecule has 1 aromatic carbocycles. The molecule has 23 heavy (non-hydrogen) atoms. The second-order valence-electron chi connectivity index (χ2n) is 5.22. The zero-order valence-electron chi connectivity index (χ0n) is 13.0. The topological polar surface area (TPSA) is 111 Å². The van der Waals surface area contributed by atoms with Crippen molar-refractivity contribution in [2.75, 3.05) is 6.26 Å². The third kappa shape index (κ3) is 4.49. The minimum atomic E-state index is -3.17. The summed E-state index contributed by atoms with van der Waals surface area (Å²) in [6.45, 7) is 5.45. The Balaban J connectivity index is 2.04. The van der Waals surface area contributed by atoms with Gasteiger partial charge in [-0.25, -0.2) is 18.0 Å². The lowest BCUT2D eigenvalue weighted by Gasteiger charge is -2.03. The van der Waals surface area contributed by atoms with Crippen molar-refractivity contribution in [1.29, 1.82) is 0 Å². The lowest BCUT2D eigenvalue weighted by molar-refractivity contribution is 0.307. The van der Waals surface area contributed by atoms with Crippen LogP contribution in [0, 0.1) is 0 Å². The van der Waals surface area contributed by atoms with Crippen LogP contribution in [0.3, 0.4) is 0 Å². The van der Waals surface area contributed by atoms with Crippen LogP contribution in [-0.4, -0.2) is 30.7 Å². The molecule has 122 valence electrons. The number of rotatable bonds is 6. The summed E-state index contributed by atoms with van der Waals surface area (Å²) in [6.07, 6.45) is 2.60. The maximum atomic E-state index is 11.4. The molecule has 0 saturated carbocycles. The summed E-state index contributed by atoms with van der Waals surface area (Å²) in [5.74, 6) is 0.308. The van der Waals surface area contributed by atoms with Crippen molar-refractivity contribution in [2.45, 2.75) is 24.7 Å². The van der Waals surface area contributed by atoms with Gasteiger partial charge in [-0.1, -0.05) is 18.7 Å². The number of hydrogen-bond acceptors (Lipinski definition) is 7. The molecular weight excluding hydrogens is 316 g/mol. The van der Waals surface area contributed by atoms with Crippen molar-refractivity contribution >= 4 is 27.1 Å². The number of aryl methyl sites for hydroxylation is 1. The van der Waals surface area contributed by atoms with Gasteiger partial charge in [0.1, 0.15) is 0 Å². The number of aromatic nitrogens is 2. The van der Waals surface area contributed by atoms with Crippen LogP contribution in [0.15, 0.2) is 45.4 Å². The smallest absolute Gasteiger partial charge is 0.226 e. The summed E-state index contributed by atoms with van der Waals surface area (Å²) in [7, 11) is -3.17. The fourth-order valence-corrected chi connectivity index (χ4v) is 2.56. The first-order chi connectivity index (χ1) is 10.8. The highest BCUT2D eigenvalue weighted by molar-refractivity contribution is 7.90.